The van der Waals surface area contributed by atoms with Crippen LogP contribution < -0.4 is 0 Å². The van der Waals surface area contributed by atoms with E-state index in [4.69, 9.17) is 0 Å². The molecule has 1 radical (unpaired) electrons. The summed E-state index contributed by atoms with van der Waals surface area (Å²) in [6.07, 6.45) is 2.08. The molecule has 1 aliphatic carbocycles. The Kier molecular flexibility index (Phi) is 4.64. The molecule has 0 spiro atoms. The molecular weight excluding hydrogens is 339 g/mol. The average molecular weight is 354 g/mol. The van der Waals surface area contributed by atoms with Crippen molar-refractivity contribution in [3.63, 3.8) is 0 Å². The molecule has 1 unspecified atom stereocenters. The van der Waals surface area contributed by atoms with Crippen LogP contribution >= 0.6 is 0 Å². The van der Waals surface area contributed by atoms with Crippen molar-refractivity contribution >= 4 is 23.0 Å². The van der Waals surface area contributed by atoms with Crippen LogP contribution in [0.15, 0.2) is 30.3 Å². The average Bonchev–Trinajstić information content (AvgIpc) is 2.79. The maximum Gasteiger partial charge on any atom is 0.150 e. The van der Waals surface area contributed by atoms with Gasteiger partial charge in [-0.1, -0.05) is 24.3 Å². The summed E-state index contributed by atoms with van der Waals surface area (Å²) in [4.78, 5) is 22.8. The minimum absolute atomic E-state index is 0. The zero-order chi connectivity index (χ0) is 14.3. The van der Waals surface area contributed by atoms with Crippen molar-refractivity contribution in [1.82, 2.24) is 0 Å². The van der Waals surface area contributed by atoms with Gasteiger partial charge < -0.3 is 17.0 Å². The molecule has 2 aromatic rings. The number of rotatable bonds is 2. The van der Waals surface area contributed by atoms with Crippen molar-refractivity contribution in [3.8, 4) is 0 Å². The number of carbonyl (C=O) groups excluding carboxylic acids is 2. The number of fused-ring (bicyclic) bond motifs is 2. The molecule has 3 nitrogen and oxygen atoms in total. The molecule has 0 saturated heterocycles. The van der Waals surface area contributed by atoms with Gasteiger partial charge >= 0.3 is 0 Å². The quantitative estimate of drug-likeness (QED) is 0.615. The Morgan fingerprint density at radius 3 is 2.38 bits per heavy atom. The van der Waals surface area contributed by atoms with Crippen molar-refractivity contribution in [2.45, 2.75) is 12.8 Å². The second-order valence-electron chi connectivity index (χ2n) is 5.51. The van der Waals surface area contributed by atoms with E-state index < -0.39 is 5.41 Å². The molecule has 0 aromatic heterocycles. The normalized spacial score (nSPS) is 19.7. The zero-order valence-electron chi connectivity index (χ0n) is 11.9. The summed E-state index contributed by atoms with van der Waals surface area (Å²) in [6.45, 7) is 4.08. The first-order valence-corrected chi connectivity index (χ1v) is 6.56. The molecule has 3 rings (SSSR count). The first-order valence-electron chi connectivity index (χ1n) is 6.56. The topological polar surface area (TPSA) is 48.2 Å². The van der Waals surface area contributed by atoms with Gasteiger partial charge in [-0.05, 0) is 40.8 Å². The van der Waals surface area contributed by atoms with Crippen LogP contribution in [-0.2, 0) is 50.3 Å². The van der Waals surface area contributed by atoms with Crippen LogP contribution in [0.5, 0.6) is 0 Å². The van der Waals surface area contributed by atoms with Gasteiger partial charge in [-0.25, -0.2) is 0 Å². The number of amides is 1. The van der Waals surface area contributed by atoms with Crippen molar-refractivity contribution in [1.29, 1.82) is 0 Å². The Morgan fingerprint density at radius 2 is 1.81 bits per heavy atom. The second-order valence-corrected chi connectivity index (χ2v) is 5.51. The number of hydrogen-bond donors (Lipinski definition) is 0. The molecule has 0 aliphatic heterocycles. The predicted molar refractivity (Wildman–Crippen MR) is 78.8 cm³/mol. The van der Waals surface area contributed by atoms with Gasteiger partial charge in [-0.3, -0.25) is 4.79 Å². The fraction of sp³-hybridized carbons (Fsp3) is 0.235. The molecule has 105 valence electrons. The molecule has 21 heavy (non-hydrogen) atoms. The van der Waals surface area contributed by atoms with Crippen LogP contribution in [0.2, 0.25) is 0 Å². The Bertz CT molecular complexity index is 726. The second kappa shape index (κ2) is 5.98. The van der Waals surface area contributed by atoms with Crippen molar-refractivity contribution in [3.05, 3.63) is 59.3 Å². The summed E-state index contributed by atoms with van der Waals surface area (Å²) in [6, 6.07) is 9.77. The van der Waals surface area contributed by atoms with Gasteiger partial charge in [-0.2, -0.15) is 0 Å². The molecule has 0 saturated carbocycles. The molecule has 0 bridgehead atoms. The maximum absolute atomic E-state index is 11.9. The van der Waals surface area contributed by atoms with Gasteiger partial charge in [0.2, 0.25) is 0 Å². The van der Waals surface area contributed by atoms with Gasteiger partial charge in [0.15, 0.2) is 0 Å². The fourth-order valence-corrected chi connectivity index (χ4v) is 2.99. The molecule has 4 heteroatoms. The number of aldehydes is 1. The van der Waals surface area contributed by atoms with E-state index in [9.17, 15) is 9.59 Å². The van der Waals surface area contributed by atoms with Crippen molar-refractivity contribution in [2.24, 2.45) is 5.41 Å². The third-order valence-electron chi connectivity index (χ3n) is 4.03. The van der Waals surface area contributed by atoms with E-state index in [0.29, 0.717) is 18.4 Å². The summed E-state index contributed by atoms with van der Waals surface area (Å²) in [7, 11) is 1.52. The van der Waals surface area contributed by atoms with Crippen LogP contribution in [0.4, 0.5) is 0 Å². The summed E-state index contributed by atoms with van der Waals surface area (Å²) in [5.74, 6) is -0.147. The summed E-state index contributed by atoms with van der Waals surface area (Å²) >= 11 is 0. The predicted octanol–water partition coefficient (Wildman–Crippen LogP) is 3.10. The molecule has 0 heterocycles. The van der Waals surface area contributed by atoms with Crippen LogP contribution in [0.3, 0.4) is 0 Å². The molecule has 1 aliphatic rings. The standard InChI is InChI=1S/C17H16NO2.Y/c1-17(16(20)18-2)8-14-6-12-4-3-11(10-19)5-13(12)7-15(14)9-17;/h3-7,10H,1,8-9H2,2H3,(H,18,20);/q-1;/p-1. The van der Waals surface area contributed by atoms with Gasteiger partial charge in [-0.15, -0.1) is 12.5 Å². The van der Waals surface area contributed by atoms with Crippen LogP contribution in [-0.4, -0.2) is 19.2 Å². The molecule has 0 N–H and O–H groups in total. The first-order chi connectivity index (χ1) is 9.55. The molecule has 1 amide bonds. The Morgan fingerprint density at radius 1 is 1.19 bits per heavy atom. The first kappa shape index (κ1) is 16.3. The number of nitrogens with zero attached hydrogens (tertiary/aromatic N) is 1. The largest absolute Gasteiger partial charge is 0.658 e. The van der Waals surface area contributed by atoms with E-state index in [1.165, 1.54) is 7.05 Å². The van der Waals surface area contributed by atoms with E-state index in [0.717, 1.165) is 28.2 Å². The summed E-state index contributed by atoms with van der Waals surface area (Å²) < 4.78 is 0. The molecule has 1 atom stereocenters. The van der Waals surface area contributed by atoms with Crippen molar-refractivity contribution in [2.75, 3.05) is 7.05 Å². The third kappa shape index (κ3) is 2.82. The van der Waals surface area contributed by atoms with Gasteiger partial charge in [0, 0.05) is 44.2 Å². The minimum Gasteiger partial charge on any atom is -0.658 e. The zero-order valence-corrected chi connectivity index (χ0v) is 14.8. The molecular formula is C17H15NO2Y-2. The van der Waals surface area contributed by atoms with E-state index in [1.54, 1.807) is 6.07 Å². The van der Waals surface area contributed by atoms with Crippen LogP contribution in [0.1, 0.15) is 21.5 Å². The monoisotopic (exact) mass is 354 g/mol. The maximum atomic E-state index is 11.9. The molecule has 2 aromatic carbocycles. The number of benzene rings is 2. The van der Waals surface area contributed by atoms with E-state index in [-0.39, 0.29) is 38.6 Å². The summed E-state index contributed by atoms with van der Waals surface area (Å²) in [5.41, 5.74) is 2.29. The minimum atomic E-state index is -0.665. The SMILES string of the molecule is [CH2-]C1(C(=O)[N-]C)Cc2cc3ccc(C=O)cc3cc2C1.[Y]. The Balaban J connectivity index is 0.00000161. The fourth-order valence-electron chi connectivity index (χ4n) is 2.99. The van der Waals surface area contributed by atoms with Crippen LogP contribution in [0, 0.1) is 12.3 Å². The smallest absolute Gasteiger partial charge is 0.150 e. The van der Waals surface area contributed by atoms with Gasteiger partial charge in [0.05, 0.1) is 0 Å². The van der Waals surface area contributed by atoms with Crippen molar-refractivity contribution < 1.29 is 42.3 Å². The van der Waals surface area contributed by atoms with Gasteiger partial charge in [0.25, 0.3) is 0 Å². The van der Waals surface area contributed by atoms with Crippen LogP contribution in [0.25, 0.3) is 16.1 Å². The van der Waals surface area contributed by atoms with E-state index in [2.05, 4.69) is 24.4 Å². The Labute approximate surface area is 149 Å². The summed E-state index contributed by atoms with van der Waals surface area (Å²) in [5, 5.41) is 5.88. The molecule has 0 fully saturated rings. The van der Waals surface area contributed by atoms with E-state index in [1.807, 2.05) is 12.1 Å². The number of carbonyl (C=O) groups is 2. The number of hydrogen-bond acceptors (Lipinski definition) is 2. The van der Waals surface area contributed by atoms with Gasteiger partial charge in [0.1, 0.15) is 6.29 Å². The third-order valence-corrected chi connectivity index (χ3v) is 4.03. The Hall–Kier alpha value is -1.06. The van der Waals surface area contributed by atoms with E-state index >= 15 is 0 Å².